The topological polar surface area (TPSA) is 40.6 Å². The van der Waals surface area contributed by atoms with Crippen LogP contribution in [0.5, 0.6) is 0 Å². The molecular formula is C15H17ClN2O2. The number of hydrogen-bond donors (Lipinski definition) is 0. The van der Waals surface area contributed by atoms with E-state index in [1.807, 2.05) is 36.2 Å². The van der Waals surface area contributed by atoms with Gasteiger partial charge >= 0.3 is 0 Å². The monoisotopic (exact) mass is 292 g/mol. The van der Waals surface area contributed by atoms with Crippen molar-refractivity contribution in [1.29, 1.82) is 0 Å². The van der Waals surface area contributed by atoms with Crippen LogP contribution in [-0.2, 0) is 9.59 Å². The molecular weight excluding hydrogens is 276 g/mol. The molecule has 0 aromatic heterocycles. The van der Waals surface area contributed by atoms with Gasteiger partial charge in [0.05, 0.1) is 12.0 Å². The minimum atomic E-state index is -0.134. The van der Waals surface area contributed by atoms with E-state index >= 15 is 0 Å². The highest BCUT2D eigenvalue weighted by Crippen LogP contribution is 2.41. The van der Waals surface area contributed by atoms with Gasteiger partial charge in [0.2, 0.25) is 5.91 Å². The number of halogens is 1. The summed E-state index contributed by atoms with van der Waals surface area (Å²) < 4.78 is 0. The normalized spacial score (nSPS) is 26.1. The maximum atomic E-state index is 12.2. The summed E-state index contributed by atoms with van der Waals surface area (Å²) >= 11 is 5.93. The van der Waals surface area contributed by atoms with Crippen LogP contribution in [0.25, 0.3) is 0 Å². The fraction of sp³-hybridized carbons (Fsp3) is 0.467. The maximum Gasteiger partial charge on any atom is 0.238 e. The molecule has 3 rings (SSSR count). The molecule has 2 aliphatic heterocycles. The molecule has 2 aliphatic rings. The summed E-state index contributed by atoms with van der Waals surface area (Å²) in [6.07, 6.45) is 1.04. The minimum Gasteiger partial charge on any atom is -0.299 e. The first-order valence-electron chi connectivity index (χ1n) is 6.97. The van der Waals surface area contributed by atoms with Gasteiger partial charge in [0, 0.05) is 31.0 Å². The molecule has 2 saturated heterocycles. The van der Waals surface area contributed by atoms with E-state index in [1.165, 1.54) is 0 Å². The molecule has 1 amide bonds. The van der Waals surface area contributed by atoms with E-state index in [2.05, 4.69) is 0 Å². The number of hydrogen-bond acceptors (Lipinski definition) is 3. The summed E-state index contributed by atoms with van der Waals surface area (Å²) in [6.45, 7) is 3.08. The molecule has 106 valence electrons. The predicted octanol–water partition coefficient (Wildman–Crippen LogP) is 2.44. The summed E-state index contributed by atoms with van der Waals surface area (Å²) in [6, 6.07) is 7.55. The van der Waals surface area contributed by atoms with E-state index < -0.39 is 0 Å². The van der Waals surface area contributed by atoms with Gasteiger partial charge in [0.15, 0.2) is 0 Å². The summed E-state index contributed by atoms with van der Waals surface area (Å²) in [4.78, 5) is 24.1. The Bertz CT molecular complexity index is 543. The standard InChI is InChI=1S/C15H17ClN2O2/c1-2-13(19)12-9-18-14(20)7-8-17(18)15(12)10-3-5-11(16)6-4-10/h3-6,12,15H,2,7-9H2,1H3. The second kappa shape index (κ2) is 5.19. The zero-order chi connectivity index (χ0) is 14.3. The number of rotatable bonds is 3. The number of amides is 1. The zero-order valence-electron chi connectivity index (χ0n) is 11.4. The fourth-order valence-electron chi connectivity index (χ4n) is 3.20. The largest absolute Gasteiger partial charge is 0.299 e. The van der Waals surface area contributed by atoms with E-state index in [1.54, 1.807) is 5.01 Å². The van der Waals surface area contributed by atoms with Crippen molar-refractivity contribution < 1.29 is 9.59 Å². The lowest BCUT2D eigenvalue weighted by Crippen LogP contribution is -2.33. The van der Waals surface area contributed by atoms with Crippen molar-refractivity contribution in [3.63, 3.8) is 0 Å². The Hall–Kier alpha value is -1.39. The zero-order valence-corrected chi connectivity index (χ0v) is 12.1. The number of nitrogens with zero attached hydrogens (tertiary/aromatic N) is 2. The molecule has 4 nitrogen and oxygen atoms in total. The van der Waals surface area contributed by atoms with Crippen LogP contribution in [0.15, 0.2) is 24.3 Å². The van der Waals surface area contributed by atoms with Crippen molar-refractivity contribution in [2.24, 2.45) is 5.92 Å². The summed E-state index contributed by atoms with van der Waals surface area (Å²) in [5.41, 5.74) is 1.05. The lowest BCUT2D eigenvalue weighted by atomic mass is 9.89. The molecule has 0 saturated carbocycles. The third-order valence-electron chi connectivity index (χ3n) is 4.20. The molecule has 2 unspecified atom stereocenters. The lowest BCUT2D eigenvalue weighted by molar-refractivity contribution is -0.135. The van der Waals surface area contributed by atoms with Crippen molar-refractivity contribution in [2.75, 3.05) is 13.1 Å². The Morgan fingerprint density at radius 2 is 2.05 bits per heavy atom. The van der Waals surface area contributed by atoms with Crippen LogP contribution in [-0.4, -0.2) is 34.8 Å². The fourth-order valence-corrected chi connectivity index (χ4v) is 3.32. The molecule has 1 aromatic carbocycles. The second-order valence-corrected chi connectivity index (χ2v) is 5.75. The maximum absolute atomic E-state index is 12.2. The number of Topliss-reactive ketones (excluding diaryl/α,β-unsaturated/α-hetero) is 1. The number of fused-ring (bicyclic) bond motifs is 1. The van der Waals surface area contributed by atoms with Crippen molar-refractivity contribution in [3.05, 3.63) is 34.9 Å². The molecule has 2 heterocycles. The number of benzene rings is 1. The van der Waals surface area contributed by atoms with Gasteiger partial charge < -0.3 is 0 Å². The molecule has 0 spiro atoms. The highest BCUT2D eigenvalue weighted by atomic mass is 35.5. The van der Waals surface area contributed by atoms with Gasteiger partial charge in [-0.1, -0.05) is 30.7 Å². The van der Waals surface area contributed by atoms with Gasteiger partial charge in [-0.15, -0.1) is 0 Å². The van der Waals surface area contributed by atoms with Gasteiger partial charge in [0.25, 0.3) is 0 Å². The molecule has 0 aliphatic carbocycles. The average Bonchev–Trinajstić information content (AvgIpc) is 2.99. The first kappa shape index (κ1) is 13.6. The van der Waals surface area contributed by atoms with Crippen molar-refractivity contribution in [1.82, 2.24) is 10.0 Å². The Kier molecular flexibility index (Phi) is 3.52. The molecule has 20 heavy (non-hydrogen) atoms. The Labute approximate surface area is 123 Å². The molecule has 2 atom stereocenters. The first-order valence-corrected chi connectivity index (χ1v) is 7.34. The molecule has 5 heteroatoms. The van der Waals surface area contributed by atoms with Crippen LogP contribution < -0.4 is 0 Å². The summed E-state index contributed by atoms with van der Waals surface area (Å²) in [5.74, 6) is 0.202. The van der Waals surface area contributed by atoms with Gasteiger partial charge in [-0.25, -0.2) is 5.01 Å². The van der Waals surface area contributed by atoms with Crippen LogP contribution in [0, 0.1) is 5.92 Å². The Morgan fingerprint density at radius 1 is 1.35 bits per heavy atom. The number of hydrazine groups is 1. The Morgan fingerprint density at radius 3 is 2.70 bits per heavy atom. The van der Waals surface area contributed by atoms with Crippen LogP contribution in [0.4, 0.5) is 0 Å². The van der Waals surface area contributed by atoms with Gasteiger partial charge in [-0.05, 0) is 17.7 Å². The predicted molar refractivity (Wildman–Crippen MR) is 76.0 cm³/mol. The molecule has 0 radical (unpaired) electrons. The van der Waals surface area contributed by atoms with Crippen molar-refractivity contribution in [2.45, 2.75) is 25.8 Å². The van der Waals surface area contributed by atoms with Crippen molar-refractivity contribution >= 4 is 23.3 Å². The van der Waals surface area contributed by atoms with Crippen LogP contribution in [0.2, 0.25) is 5.02 Å². The van der Waals surface area contributed by atoms with E-state index in [0.717, 1.165) is 5.56 Å². The quantitative estimate of drug-likeness (QED) is 0.859. The summed E-state index contributed by atoms with van der Waals surface area (Å²) in [7, 11) is 0. The number of ketones is 1. The van der Waals surface area contributed by atoms with Crippen LogP contribution in [0.3, 0.4) is 0 Å². The van der Waals surface area contributed by atoms with E-state index in [-0.39, 0.29) is 23.7 Å². The Balaban J connectivity index is 1.97. The van der Waals surface area contributed by atoms with Crippen LogP contribution in [0.1, 0.15) is 31.4 Å². The summed E-state index contributed by atoms with van der Waals surface area (Å²) in [5, 5.41) is 4.47. The molecule has 1 aromatic rings. The van der Waals surface area contributed by atoms with E-state index in [9.17, 15) is 9.59 Å². The molecule has 0 bridgehead atoms. The van der Waals surface area contributed by atoms with Gasteiger partial charge in [-0.2, -0.15) is 0 Å². The number of carbonyl (C=O) groups is 2. The lowest BCUT2D eigenvalue weighted by Gasteiger charge is -2.26. The first-order chi connectivity index (χ1) is 9.61. The average molecular weight is 293 g/mol. The van der Waals surface area contributed by atoms with Crippen LogP contribution >= 0.6 is 11.6 Å². The van der Waals surface area contributed by atoms with Gasteiger partial charge in [-0.3, -0.25) is 14.6 Å². The van der Waals surface area contributed by atoms with E-state index in [4.69, 9.17) is 11.6 Å². The minimum absolute atomic E-state index is 0.0360. The van der Waals surface area contributed by atoms with Crippen molar-refractivity contribution in [3.8, 4) is 0 Å². The highest BCUT2D eigenvalue weighted by molar-refractivity contribution is 6.30. The van der Waals surface area contributed by atoms with Gasteiger partial charge in [0.1, 0.15) is 5.78 Å². The smallest absolute Gasteiger partial charge is 0.238 e. The third kappa shape index (κ3) is 2.13. The third-order valence-corrected chi connectivity index (χ3v) is 4.45. The number of carbonyl (C=O) groups excluding carboxylic acids is 2. The molecule has 0 N–H and O–H groups in total. The highest BCUT2D eigenvalue weighted by Gasteiger charge is 2.48. The SMILES string of the molecule is CCC(=O)C1CN2C(=O)CCN2C1c1ccc(Cl)cc1. The van der Waals surface area contributed by atoms with E-state index in [0.29, 0.717) is 31.0 Å². The molecule has 2 fully saturated rings. The second-order valence-electron chi connectivity index (χ2n) is 5.31.